The van der Waals surface area contributed by atoms with Gasteiger partial charge in [0, 0.05) is 17.3 Å². The highest BCUT2D eigenvalue weighted by Gasteiger charge is 2.20. The van der Waals surface area contributed by atoms with Crippen LogP contribution in [0, 0.1) is 0 Å². The maximum atomic E-state index is 13.0. The number of unbranched alkanes of at least 4 members (excludes halogenated alkanes) is 1. The number of aryl methyl sites for hydroxylation is 1. The summed E-state index contributed by atoms with van der Waals surface area (Å²) in [5.41, 5.74) is 7.05. The Morgan fingerprint density at radius 2 is 1.59 bits per heavy atom. The zero-order valence-electron chi connectivity index (χ0n) is 15.7. The van der Waals surface area contributed by atoms with E-state index >= 15 is 0 Å². The Bertz CT molecular complexity index is 1260. The molecule has 0 aliphatic rings. The Hall–Kier alpha value is -2.43. The topological polar surface area (TPSA) is 112 Å². The summed E-state index contributed by atoms with van der Waals surface area (Å²) < 4.78 is 55.8. The summed E-state index contributed by atoms with van der Waals surface area (Å²) in [6.45, 7) is 2.09. The molecule has 29 heavy (non-hydrogen) atoms. The first kappa shape index (κ1) is 21.3. The van der Waals surface area contributed by atoms with Crippen molar-refractivity contribution in [2.24, 2.45) is 4.40 Å². The van der Waals surface area contributed by atoms with Crippen molar-refractivity contribution in [1.29, 1.82) is 0 Å². The number of nitrogens with zero attached hydrogens (tertiary/aromatic N) is 2. The van der Waals surface area contributed by atoms with Gasteiger partial charge in [-0.2, -0.15) is 8.42 Å². The molecular formula is C19H21N3O4S3. The third kappa shape index (κ3) is 4.77. The maximum absolute atomic E-state index is 13.0. The van der Waals surface area contributed by atoms with Crippen LogP contribution in [0.3, 0.4) is 0 Å². The van der Waals surface area contributed by atoms with E-state index in [2.05, 4.69) is 11.3 Å². The van der Waals surface area contributed by atoms with Crippen molar-refractivity contribution in [3.63, 3.8) is 0 Å². The second-order valence-corrected chi connectivity index (χ2v) is 10.7. The molecule has 3 rings (SSSR count). The highest BCUT2D eigenvalue weighted by molar-refractivity contribution is 7.90. The third-order valence-corrected chi connectivity index (χ3v) is 8.18. The number of sulfonamides is 1. The highest BCUT2D eigenvalue weighted by atomic mass is 32.2. The maximum Gasteiger partial charge on any atom is 0.285 e. The number of thiazole rings is 1. The molecule has 0 bridgehead atoms. The number of nitrogen functional groups attached to an aromatic ring is 1. The fraction of sp³-hybridized carbons (Fsp3) is 0.211. The van der Waals surface area contributed by atoms with Gasteiger partial charge in [-0.25, -0.2) is 12.4 Å². The van der Waals surface area contributed by atoms with E-state index in [9.17, 15) is 16.8 Å². The van der Waals surface area contributed by atoms with Gasteiger partial charge in [0.05, 0.1) is 9.79 Å². The number of hydrogen-bond donors (Lipinski definition) is 1. The predicted octanol–water partition coefficient (Wildman–Crippen LogP) is 3.00. The van der Waals surface area contributed by atoms with E-state index in [0.29, 0.717) is 5.69 Å². The lowest BCUT2D eigenvalue weighted by molar-refractivity contribution is 0.585. The second-order valence-electron chi connectivity index (χ2n) is 6.37. The second kappa shape index (κ2) is 8.52. The van der Waals surface area contributed by atoms with Crippen LogP contribution in [0.4, 0.5) is 5.69 Å². The minimum absolute atomic E-state index is 0.0654. The van der Waals surface area contributed by atoms with Crippen LogP contribution in [0.1, 0.15) is 25.3 Å². The predicted molar refractivity (Wildman–Crippen MR) is 114 cm³/mol. The van der Waals surface area contributed by atoms with E-state index in [-0.39, 0.29) is 14.6 Å². The van der Waals surface area contributed by atoms with Crippen LogP contribution in [0.5, 0.6) is 0 Å². The van der Waals surface area contributed by atoms with Gasteiger partial charge in [0.2, 0.25) is 4.80 Å². The van der Waals surface area contributed by atoms with Crippen LogP contribution in [-0.4, -0.2) is 20.8 Å². The average molecular weight is 452 g/mol. The molecule has 0 saturated heterocycles. The molecule has 0 spiro atoms. The van der Waals surface area contributed by atoms with E-state index in [1.165, 1.54) is 48.0 Å². The first-order valence-corrected chi connectivity index (χ1v) is 12.7. The van der Waals surface area contributed by atoms with Crippen molar-refractivity contribution in [3.8, 4) is 0 Å². The lowest BCUT2D eigenvalue weighted by Crippen LogP contribution is -2.24. The minimum Gasteiger partial charge on any atom is -0.399 e. The van der Waals surface area contributed by atoms with Crippen LogP contribution < -0.4 is 10.5 Å². The van der Waals surface area contributed by atoms with Gasteiger partial charge in [-0.3, -0.25) is 0 Å². The molecule has 1 heterocycles. The van der Waals surface area contributed by atoms with Gasteiger partial charge in [0.1, 0.15) is 0 Å². The van der Waals surface area contributed by atoms with E-state index in [1.807, 2.05) is 0 Å². The zero-order valence-corrected chi connectivity index (χ0v) is 18.2. The van der Waals surface area contributed by atoms with Gasteiger partial charge in [-0.05, 0) is 54.8 Å². The van der Waals surface area contributed by atoms with Crippen molar-refractivity contribution < 1.29 is 16.8 Å². The number of rotatable bonds is 7. The molecule has 0 fully saturated rings. The molecule has 0 amide bonds. The average Bonchev–Trinajstić information content (AvgIpc) is 3.15. The summed E-state index contributed by atoms with van der Waals surface area (Å²) >= 11 is 0.923. The fourth-order valence-corrected chi connectivity index (χ4v) is 6.17. The Morgan fingerprint density at radius 1 is 0.966 bits per heavy atom. The summed E-state index contributed by atoms with van der Waals surface area (Å²) in [6.07, 6.45) is 4.25. The normalized spacial score (nSPS) is 12.9. The summed E-state index contributed by atoms with van der Waals surface area (Å²) in [7, 11) is -8.06. The van der Waals surface area contributed by atoms with Gasteiger partial charge in [0.25, 0.3) is 20.0 Å². The van der Waals surface area contributed by atoms with Crippen LogP contribution in [-0.2, 0) is 26.5 Å². The Balaban J connectivity index is 2.00. The summed E-state index contributed by atoms with van der Waals surface area (Å²) in [5.74, 6) is 0. The molecule has 0 atom stereocenters. The number of aromatic nitrogens is 1. The summed E-state index contributed by atoms with van der Waals surface area (Å²) in [4.78, 5) is -0.149. The Labute approximate surface area is 174 Å². The Morgan fingerprint density at radius 3 is 2.21 bits per heavy atom. The number of benzene rings is 2. The van der Waals surface area contributed by atoms with Crippen molar-refractivity contribution in [1.82, 2.24) is 3.97 Å². The van der Waals surface area contributed by atoms with Gasteiger partial charge in [-0.15, -0.1) is 15.7 Å². The van der Waals surface area contributed by atoms with E-state index in [0.717, 1.165) is 40.1 Å². The molecule has 0 unspecified atom stereocenters. The molecular weight excluding hydrogens is 430 g/mol. The molecule has 3 aromatic rings. The van der Waals surface area contributed by atoms with Gasteiger partial charge in [-0.1, -0.05) is 25.5 Å². The molecule has 154 valence electrons. The first-order valence-electron chi connectivity index (χ1n) is 8.91. The summed E-state index contributed by atoms with van der Waals surface area (Å²) in [6, 6.07) is 12.2. The number of anilines is 1. The monoisotopic (exact) mass is 451 g/mol. The molecule has 10 heteroatoms. The van der Waals surface area contributed by atoms with Crippen molar-refractivity contribution in [2.45, 2.75) is 36.0 Å². The molecule has 2 aromatic carbocycles. The summed E-state index contributed by atoms with van der Waals surface area (Å²) in [5, 5.41) is 1.48. The highest BCUT2D eigenvalue weighted by Crippen LogP contribution is 2.17. The van der Waals surface area contributed by atoms with Crippen molar-refractivity contribution in [2.75, 3.05) is 5.73 Å². The van der Waals surface area contributed by atoms with Crippen LogP contribution in [0.25, 0.3) is 0 Å². The standard InChI is InChI=1S/C19H21N3O4S3/c1-2-3-4-15-5-9-18(10-6-15)29(25,26)22-13-14-27-19(22)21-28(23,24)17-11-7-16(20)8-12-17/h5-14H,2-4,20H2,1H3/b21-19+. The third-order valence-electron chi connectivity index (χ3n) is 4.23. The smallest absolute Gasteiger partial charge is 0.285 e. The lowest BCUT2D eigenvalue weighted by Gasteiger charge is -2.07. The fourth-order valence-electron chi connectivity index (χ4n) is 2.62. The molecule has 1 aromatic heterocycles. The van der Waals surface area contributed by atoms with Crippen LogP contribution >= 0.6 is 11.3 Å². The molecule has 0 radical (unpaired) electrons. The quantitative estimate of drug-likeness (QED) is 0.555. The molecule has 7 nitrogen and oxygen atoms in total. The lowest BCUT2D eigenvalue weighted by atomic mass is 10.1. The number of hydrogen-bond acceptors (Lipinski definition) is 6. The molecule has 0 aliphatic carbocycles. The van der Waals surface area contributed by atoms with E-state index < -0.39 is 20.0 Å². The molecule has 0 saturated carbocycles. The van der Waals surface area contributed by atoms with Gasteiger partial charge in [0.15, 0.2) is 0 Å². The van der Waals surface area contributed by atoms with E-state index in [1.54, 1.807) is 12.1 Å². The first-order chi connectivity index (χ1) is 13.7. The van der Waals surface area contributed by atoms with Gasteiger partial charge < -0.3 is 5.73 Å². The minimum atomic E-state index is -4.09. The molecule has 0 aliphatic heterocycles. The number of nitrogens with two attached hydrogens (primary N) is 1. The largest absolute Gasteiger partial charge is 0.399 e. The van der Waals surface area contributed by atoms with Crippen LogP contribution in [0.2, 0.25) is 0 Å². The zero-order chi connectivity index (χ0) is 21.1. The van der Waals surface area contributed by atoms with Gasteiger partial charge >= 0.3 is 0 Å². The Kier molecular flexibility index (Phi) is 6.25. The van der Waals surface area contributed by atoms with Crippen LogP contribution in [0.15, 0.2) is 74.3 Å². The van der Waals surface area contributed by atoms with Crippen molar-refractivity contribution in [3.05, 3.63) is 70.5 Å². The van der Waals surface area contributed by atoms with Crippen molar-refractivity contribution >= 4 is 37.1 Å². The van der Waals surface area contributed by atoms with E-state index in [4.69, 9.17) is 5.73 Å². The molecule has 2 N–H and O–H groups in total. The SMILES string of the molecule is CCCCc1ccc(S(=O)(=O)n2ccs/c2=N/S(=O)(=O)c2ccc(N)cc2)cc1.